The van der Waals surface area contributed by atoms with Crippen molar-refractivity contribution in [3.8, 4) is 0 Å². The van der Waals surface area contributed by atoms with Gasteiger partial charge in [-0.05, 0) is 18.1 Å². The van der Waals surface area contributed by atoms with Crippen LogP contribution in [0.5, 0.6) is 0 Å². The smallest absolute Gasteiger partial charge is 0.255 e. The first kappa shape index (κ1) is 15.8. The van der Waals surface area contributed by atoms with Crippen LogP contribution in [0.3, 0.4) is 0 Å². The third-order valence-electron chi connectivity index (χ3n) is 4.40. The van der Waals surface area contributed by atoms with E-state index in [1.807, 2.05) is 38.0 Å². The van der Waals surface area contributed by atoms with Gasteiger partial charge in [0.15, 0.2) is 0 Å². The maximum absolute atomic E-state index is 12.8. The van der Waals surface area contributed by atoms with E-state index in [1.165, 1.54) is 6.08 Å². The van der Waals surface area contributed by atoms with Crippen molar-refractivity contribution in [1.29, 1.82) is 0 Å². The normalized spacial score (nSPS) is 18.7. The molecule has 2 amide bonds. The Kier molecular flexibility index (Phi) is 4.26. The molecule has 3 heterocycles. The van der Waals surface area contributed by atoms with Crippen LogP contribution in [0.1, 0.15) is 24.2 Å². The molecule has 0 aliphatic carbocycles. The van der Waals surface area contributed by atoms with Crippen molar-refractivity contribution in [3.05, 3.63) is 42.1 Å². The van der Waals surface area contributed by atoms with Crippen LogP contribution in [-0.4, -0.2) is 51.7 Å². The molecule has 23 heavy (non-hydrogen) atoms. The number of carbonyl (C=O) groups is 2. The Morgan fingerprint density at radius 3 is 2.83 bits per heavy atom. The predicted molar refractivity (Wildman–Crippen MR) is 91.7 cm³/mol. The second-order valence-electron chi connectivity index (χ2n) is 6.18. The average molecular weight is 331 g/mol. The van der Waals surface area contributed by atoms with Crippen LogP contribution < -0.4 is 0 Å². The van der Waals surface area contributed by atoms with Crippen molar-refractivity contribution >= 4 is 28.0 Å². The third kappa shape index (κ3) is 2.91. The first-order chi connectivity index (χ1) is 11.0. The van der Waals surface area contributed by atoms with Crippen LogP contribution in [0.25, 0.3) is 4.83 Å². The molecule has 1 aliphatic rings. The molecule has 3 rings (SSSR count). The van der Waals surface area contributed by atoms with Crippen molar-refractivity contribution in [2.24, 2.45) is 5.92 Å². The minimum atomic E-state index is -0.0554. The number of hydrogen-bond donors (Lipinski definition) is 0. The highest BCUT2D eigenvalue weighted by Gasteiger charge is 2.33. The average Bonchev–Trinajstić information content (AvgIpc) is 3.14. The van der Waals surface area contributed by atoms with Gasteiger partial charge in [0.25, 0.3) is 5.91 Å². The number of hydrogen-bond acceptors (Lipinski definition) is 3. The Morgan fingerprint density at radius 2 is 2.17 bits per heavy atom. The number of rotatable bonds is 3. The molecule has 0 aromatic carbocycles. The molecule has 0 spiro atoms. The zero-order valence-corrected chi connectivity index (χ0v) is 14.3. The van der Waals surface area contributed by atoms with Gasteiger partial charge in [-0.2, -0.15) is 0 Å². The zero-order valence-electron chi connectivity index (χ0n) is 13.4. The summed E-state index contributed by atoms with van der Waals surface area (Å²) in [5.74, 6) is 0.268. The molecular weight excluding hydrogens is 310 g/mol. The summed E-state index contributed by atoms with van der Waals surface area (Å²) in [6.45, 7) is 9.42. The zero-order chi connectivity index (χ0) is 16.6. The molecule has 1 aliphatic heterocycles. The van der Waals surface area contributed by atoms with E-state index in [2.05, 4.69) is 20.4 Å². The molecule has 0 unspecified atom stereocenters. The number of thiazole rings is 1. The molecule has 0 bridgehead atoms. The van der Waals surface area contributed by atoms with Crippen LogP contribution in [0, 0.1) is 5.92 Å². The van der Waals surface area contributed by atoms with Crippen LogP contribution in [0.15, 0.2) is 36.5 Å². The second kappa shape index (κ2) is 6.20. The number of nitrogens with zero attached hydrogens (tertiary/aromatic N) is 3. The Bertz CT molecular complexity index is 717. The molecule has 1 saturated heterocycles. The lowest BCUT2D eigenvalue weighted by Crippen LogP contribution is -2.58. The summed E-state index contributed by atoms with van der Waals surface area (Å²) in [6.07, 6.45) is 5.18. The van der Waals surface area contributed by atoms with Gasteiger partial charge in [0.1, 0.15) is 0 Å². The van der Waals surface area contributed by atoms with Gasteiger partial charge in [-0.1, -0.05) is 20.4 Å². The number of amides is 2. The van der Waals surface area contributed by atoms with Gasteiger partial charge < -0.3 is 14.2 Å². The molecule has 1 atom stereocenters. The van der Waals surface area contributed by atoms with E-state index in [9.17, 15) is 9.59 Å². The molecule has 0 saturated carbocycles. The van der Waals surface area contributed by atoms with Gasteiger partial charge in [0.05, 0.1) is 16.4 Å². The van der Waals surface area contributed by atoms with E-state index in [-0.39, 0.29) is 23.8 Å². The Hall–Kier alpha value is -2.08. The van der Waals surface area contributed by atoms with Gasteiger partial charge in [-0.15, -0.1) is 11.3 Å². The van der Waals surface area contributed by atoms with Crippen molar-refractivity contribution in [3.63, 3.8) is 0 Å². The van der Waals surface area contributed by atoms with Crippen molar-refractivity contribution in [2.75, 3.05) is 19.6 Å². The largest absolute Gasteiger partial charge is 0.335 e. The van der Waals surface area contributed by atoms with Gasteiger partial charge in [0.2, 0.25) is 5.91 Å². The fourth-order valence-corrected chi connectivity index (χ4v) is 3.85. The first-order valence-electron chi connectivity index (χ1n) is 7.78. The number of piperazine rings is 1. The van der Waals surface area contributed by atoms with Gasteiger partial charge >= 0.3 is 0 Å². The minimum Gasteiger partial charge on any atom is -0.335 e. The predicted octanol–water partition coefficient (Wildman–Crippen LogP) is 2.50. The topological polar surface area (TPSA) is 45.0 Å². The lowest BCUT2D eigenvalue weighted by molar-refractivity contribution is -0.131. The third-order valence-corrected chi connectivity index (χ3v) is 5.23. The lowest BCUT2D eigenvalue weighted by atomic mass is 9.99. The van der Waals surface area contributed by atoms with Gasteiger partial charge in [0, 0.05) is 37.4 Å². The van der Waals surface area contributed by atoms with E-state index in [0.717, 1.165) is 4.83 Å². The highest BCUT2D eigenvalue weighted by Crippen LogP contribution is 2.21. The molecule has 2 aromatic heterocycles. The number of aromatic nitrogens is 1. The van der Waals surface area contributed by atoms with E-state index in [0.29, 0.717) is 25.2 Å². The van der Waals surface area contributed by atoms with E-state index >= 15 is 0 Å². The van der Waals surface area contributed by atoms with Crippen LogP contribution in [0.4, 0.5) is 0 Å². The Morgan fingerprint density at radius 1 is 1.39 bits per heavy atom. The fourth-order valence-electron chi connectivity index (χ4n) is 3.09. The number of fused-ring (bicyclic) bond motifs is 1. The molecule has 5 nitrogen and oxygen atoms in total. The van der Waals surface area contributed by atoms with Crippen molar-refractivity contribution in [1.82, 2.24) is 14.2 Å². The Balaban J connectivity index is 1.78. The molecule has 6 heteroatoms. The maximum Gasteiger partial charge on any atom is 0.255 e. The quantitative estimate of drug-likeness (QED) is 0.811. The molecule has 0 radical (unpaired) electrons. The summed E-state index contributed by atoms with van der Waals surface area (Å²) in [5, 5.41) is 2.00. The van der Waals surface area contributed by atoms with E-state index in [1.54, 1.807) is 11.3 Å². The van der Waals surface area contributed by atoms with Gasteiger partial charge in [-0.3, -0.25) is 9.59 Å². The summed E-state index contributed by atoms with van der Waals surface area (Å²) >= 11 is 1.61. The molecule has 0 N–H and O–H groups in total. The fraction of sp³-hybridized carbons (Fsp3) is 0.412. The molecule has 2 aromatic rings. The van der Waals surface area contributed by atoms with Crippen LogP contribution in [0.2, 0.25) is 0 Å². The standard InChI is InChI=1S/C17H21N3O2S/c1-4-15(21)20-6-5-19(11-14(20)12(2)3)17(22)13-9-16-18(10-13)7-8-23-16/h4,7-10,12,14H,1,5-6,11H2,2-3H3/t14-/m1/s1. The van der Waals surface area contributed by atoms with E-state index in [4.69, 9.17) is 0 Å². The van der Waals surface area contributed by atoms with Crippen LogP contribution >= 0.6 is 11.3 Å². The number of carbonyl (C=O) groups excluding carboxylic acids is 2. The summed E-state index contributed by atoms with van der Waals surface area (Å²) in [4.78, 5) is 29.5. The van der Waals surface area contributed by atoms with Crippen molar-refractivity contribution in [2.45, 2.75) is 19.9 Å². The SMILES string of the molecule is C=CC(=O)N1CCN(C(=O)c2cc3sccn3c2)C[C@@H]1C(C)C. The summed E-state index contributed by atoms with van der Waals surface area (Å²) in [7, 11) is 0. The Labute approximate surface area is 139 Å². The van der Waals surface area contributed by atoms with Crippen LogP contribution in [-0.2, 0) is 4.79 Å². The summed E-state index contributed by atoms with van der Waals surface area (Å²) in [5.41, 5.74) is 0.711. The maximum atomic E-state index is 12.8. The highest BCUT2D eigenvalue weighted by atomic mass is 32.1. The summed E-state index contributed by atoms with van der Waals surface area (Å²) in [6, 6.07) is 1.96. The molecular formula is C17H21N3O2S. The monoisotopic (exact) mass is 331 g/mol. The van der Waals surface area contributed by atoms with E-state index < -0.39 is 0 Å². The minimum absolute atomic E-state index is 0.0296. The molecule has 122 valence electrons. The highest BCUT2D eigenvalue weighted by molar-refractivity contribution is 7.15. The lowest BCUT2D eigenvalue weighted by Gasteiger charge is -2.43. The summed E-state index contributed by atoms with van der Waals surface area (Å²) < 4.78 is 1.97. The van der Waals surface area contributed by atoms with Crippen molar-refractivity contribution < 1.29 is 9.59 Å². The first-order valence-corrected chi connectivity index (χ1v) is 8.66. The second-order valence-corrected chi connectivity index (χ2v) is 7.10. The van der Waals surface area contributed by atoms with Gasteiger partial charge in [-0.25, -0.2) is 0 Å². The molecule has 1 fully saturated rings.